The quantitative estimate of drug-likeness (QED) is 0.287. The molecule has 2 aromatic rings. The molecule has 0 radical (unpaired) electrons. The summed E-state index contributed by atoms with van der Waals surface area (Å²) in [5.41, 5.74) is 6.36. The number of nitrogens with one attached hydrogen (secondary N) is 1. The van der Waals surface area contributed by atoms with Crippen LogP contribution in [0.15, 0.2) is 30.3 Å². The Morgan fingerprint density at radius 2 is 1.80 bits per heavy atom. The topological polar surface area (TPSA) is 108 Å². The largest absolute Gasteiger partial charge is 0.442 e. The van der Waals surface area contributed by atoms with Crippen LogP contribution in [0.25, 0.3) is 0 Å². The maximum atomic E-state index is 15.1. The molecule has 9 nitrogen and oxygen atoms in total. The third-order valence-corrected chi connectivity index (χ3v) is 6.92. The highest BCUT2D eigenvalue weighted by Gasteiger charge is 2.37. The van der Waals surface area contributed by atoms with Crippen molar-refractivity contribution in [2.75, 3.05) is 49.1 Å². The molecule has 41 heavy (non-hydrogen) atoms. The Hall–Kier alpha value is -4.24. The van der Waals surface area contributed by atoms with E-state index in [1.807, 2.05) is 24.3 Å². The van der Waals surface area contributed by atoms with Crippen LogP contribution in [-0.2, 0) is 20.9 Å². The molecule has 0 spiro atoms. The Balaban J connectivity index is 1.29. The maximum absolute atomic E-state index is 15.1. The molecular weight excluding hydrogens is 539 g/mol. The number of carbonyl (C=O) groups is 3. The molecule has 1 atom stereocenters. The summed E-state index contributed by atoms with van der Waals surface area (Å²) >= 11 is 0. The van der Waals surface area contributed by atoms with Gasteiger partial charge >= 0.3 is 6.09 Å². The molecule has 0 unspecified atom stereocenters. The Labute approximate surface area is 236 Å². The van der Waals surface area contributed by atoms with Crippen LogP contribution in [-0.4, -0.2) is 68.2 Å². The summed E-state index contributed by atoms with van der Waals surface area (Å²) in [7, 11) is 0. The normalized spacial score (nSPS) is 16.8. The molecule has 2 aliphatic rings. The summed E-state index contributed by atoms with van der Waals surface area (Å²) in [5, 5.41) is 2.48. The number of nitrogens with two attached hydrogens (primary N) is 1. The van der Waals surface area contributed by atoms with Crippen molar-refractivity contribution in [3.63, 3.8) is 0 Å². The van der Waals surface area contributed by atoms with Crippen molar-refractivity contribution in [1.29, 1.82) is 0 Å². The van der Waals surface area contributed by atoms with E-state index in [-0.39, 0.29) is 51.1 Å². The first kappa shape index (κ1) is 29.7. The fourth-order valence-corrected chi connectivity index (χ4v) is 4.70. The highest BCUT2D eigenvalue weighted by atomic mass is 19.2. The molecule has 2 aliphatic heterocycles. The number of unbranched alkanes of at least 4 members (excludes halogenated alkanes) is 1. The molecule has 0 aliphatic carbocycles. The van der Waals surface area contributed by atoms with E-state index in [9.17, 15) is 14.4 Å². The first-order valence-corrected chi connectivity index (χ1v) is 13.4. The Bertz CT molecular complexity index is 1350. The molecule has 0 bridgehead atoms. The summed E-state index contributed by atoms with van der Waals surface area (Å²) in [5.74, 6) is 1.85. The minimum absolute atomic E-state index is 0.0113. The van der Waals surface area contributed by atoms with Crippen molar-refractivity contribution in [1.82, 2.24) is 10.2 Å². The zero-order valence-electron chi connectivity index (χ0n) is 22.7. The molecule has 2 heterocycles. The van der Waals surface area contributed by atoms with Gasteiger partial charge in [-0.1, -0.05) is 24.0 Å². The number of halogens is 3. The molecule has 0 aromatic heterocycles. The molecule has 4 rings (SSSR count). The van der Waals surface area contributed by atoms with Crippen LogP contribution in [0, 0.1) is 29.3 Å². The molecule has 2 fully saturated rings. The summed E-state index contributed by atoms with van der Waals surface area (Å²) in [6, 6.07) is 8.40. The molecule has 218 valence electrons. The lowest BCUT2D eigenvalue weighted by Crippen LogP contribution is -2.49. The number of hydrogen-bond donors (Lipinski definition) is 2. The van der Waals surface area contributed by atoms with Gasteiger partial charge in [-0.15, -0.1) is 0 Å². The van der Waals surface area contributed by atoms with Gasteiger partial charge < -0.3 is 25.6 Å². The van der Waals surface area contributed by atoms with E-state index in [4.69, 9.17) is 10.5 Å². The van der Waals surface area contributed by atoms with Crippen molar-refractivity contribution in [3.8, 4) is 11.8 Å². The summed E-state index contributed by atoms with van der Waals surface area (Å²) < 4.78 is 50.3. The van der Waals surface area contributed by atoms with E-state index in [0.717, 1.165) is 22.1 Å². The van der Waals surface area contributed by atoms with Crippen LogP contribution < -0.4 is 20.9 Å². The SMILES string of the molecule is CC(=O)NC[C@H]1CN(c2cc(F)c(N3CCN(C(=O)CCCC#Cc4ccc(CN)cc4)CC3)c(F)c2F)C(=O)O1. The second-order valence-electron chi connectivity index (χ2n) is 9.83. The van der Waals surface area contributed by atoms with Crippen molar-refractivity contribution < 1.29 is 32.3 Å². The monoisotopic (exact) mass is 571 g/mol. The van der Waals surface area contributed by atoms with E-state index in [1.54, 1.807) is 4.90 Å². The van der Waals surface area contributed by atoms with E-state index >= 15 is 13.2 Å². The van der Waals surface area contributed by atoms with Crippen molar-refractivity contribution in [3.05, 3.63) is 58.9 Å². The number of benzene rings is 2. The lowest BCUT2D eigenvalue weighted by molar-refractivity contribution is -0.131. The number of anilines is 2. The molecule has 2 saturated heterocycles. The first-order chi connectivity index (χ1) is 19.7. The van der Waals surface area contributed by atoms with Crippen molar-refractivity contribution in [2.24, 2.45) is 5.73 Å². The summed E-state index contributed by atoms with van der Waals surface area (Å²) in [6.45, 7) is 2.24. The maximum Gasteiger partial charge on any atom is 0.414 e. The van der Waals surface area contributed by atoms with Gasteiger partial charge in [-0.3, -0.25) is 14.5 Å². The van der Waals surface area contributed by atoms with Gasteiger partial charge in [0.25, 0.3) is 0 Å². The van der Waals surface area contributed by atoms with Gasteiger partial charge in [-0.25, -0.2) is 18.0 Å². The van der Waals surface area contributed by atoms with Crippen LogP contribution in [0.2, 0.25) is 0 Å². The number of hydrogen-bond acceptors (Lipinski definition) is 6. The van der Waals surface area contributed by atoms with Crippen molar-refractivity contribution in [2.45, 2.75) is 38.8 Å². The fraction of sp³-hybridized carbons (Fsp3) is 0.414. The van der Waals surface area contributed by atoms with E-state index in [1.165, 1.54) is 11.8 Å². The van der Waals surface area contributed by atoms with Crippen LogP contribution in [0.5, 0.6) is 0 Å². The fourth-order valence-electron chi connectivity index (χ4n) is 4.70. The van der Waals surface area contributed by atoms with Crippen LogP contribution in [0.4, 0.5) is 29.3 Å². The van der Waals surface area contributed by atoms with Crippen molar-refractivity contribution >= 4 is 29.3 Å². The second-order valence-corrected chi connectivity index (χ2v) is 9.83. The van der Waals surface area contributed by atoms with Gasteiger partial charge in [-0.05, 0) is 24.1 Å². The van der Waals surface area contributed by atoms with Gasteiger partial charge in [0, 0.05) is 64.1 Å². The number of amides is 3. The van der Waals surface area contributed by atoms with E-state index in [2.05, 4.69) is 17.2 Å². The van der Waals surface area contributed by atoms with E-state index in [0.29, 0.717) is 25.8 Å². The lowest BCUT2D eigenvalue weighted by Gasteiger charge is -2.36. The predicted octanol–water partition coefficient (Wildman–Crippen LogP) is 2.89. The number of carbonyl (C=O) groups excluding carboxylic acids is 3. The molecule has 3 N–H and O–H groups in total. The standard InChI is InChI=1S/C29H32F3N5O4/c1-19(38)34-17-22-18-37(29(40)41-22)24-15-23(30)28(27(32)26(24)31)36-13-11-35(12-14-36)25(39)6-4-2-3-5-20-7-9-21(16-33)10-8-20/h7-10,15,22H,2,4,6,11-14,16-18,33H2,1H3,(H,34,38)/t22-/m0/s1. The lowest BCUT2D eigenvalue weighted by atomic mass is 10.1. The van der Waals surface area contributed by atoms with Crippen LogP contribution >= 0.6 is 0 Å². The third kappa shape index (κ3) is 7.29. The first-order valence-electron chi connectivity index (χ1n) is 13.4. The van der Waals surface area contributed by atoms with Gasteiger partial charge in [0.1, 0.15) is 11.8 Å². The van der Waals surface area contributed by atoms with Gasteiger partial charge in [0.2, 0.25) is 11.8 Å². The Morgan fingerprint density at radius 1 is 1.10 bits per heavy atom. The van der Waals surface area contributed by atoms with Crippen LogP contribution in [0.1, 0.15) is 37.3 Å². The number of nitrogens with zero attached hydrogens (tertiary/aromatic N) is 3. The van der Waals surface area contributed by atoms with Crippen LogP contribution in [0.3, 0.4) is 0 Å². The zero-order chi connectivity index (χ0) is 29.5. The zero-order valence-corrected chi connectivity index (χ0v) is 22.7. The number of piperazine rings is 1. The Morgan fingerprint density at radius 3 is 2.46 bits per heavy atom. The minimum atomic E-state index is -1.42. The third-order valence-electron chi connectivity index (χ3n) is 6.92. The molecular formula is C29H32F3N5O4. The molecule has 2 aromatic carbocycles. The molecule has 12 heteroatoms. The summed E-state index contributed by atoms with van der Waals surface area (Å²) in [4.78, 5) is 39.7. The van der Waals surface area contributed by atoms with Gasteiger partial charge in [-0.2, -0.15) is 0 Å². The molecule has 0 saturated carbocycles. The Kier molecular flexibility index (Phi) is 9.73. The minimum Gasteiger partial charge on any atom is -0.442 e. The summed E-state index contributed by atoms with van der Waals surface area (Å²) in [6.07, 6.45) is -0.340. The average Bonchev–Trinajstić information content (AvgIpc) is 3.34. The highest BCUT2D eigenvalue weighted by molar-refractivity contribution is 5.90. The smallest absolute Gasteiger partial charge is 0.414 e. The predicted molar refractivity (Wildman–Crippen MR) is 146 cm³/mol. The number of rotatable bonds is 8. The average molecular weight is 572 g/mol. The second kappa shape index (κ2) is 13.4. The number of cyclic esters (lactones) is 1. The number of ether oxygens (including phenoxy) is 1. The molecule has 3 amide bonds. The van der Waals surface area contributed by atoms with Gasteiger partial charge in [0.05, 0.1) is 18.8 Å². The van der Waals surface area contributed by atoms with Gasteiger partial charge in [0.15, 0.2) is 17.5 Å². The highest BCUT2D eigenvalue weighted by Crippen LogP contribution is 2.34. The van der Waals surface area contributed by atoms with E-state index < -0.39 is 41.0 Å².